The molecule has 1 atom stereocenters. The van der Waals surface area contributed by atoms with E-state index in [0.29, 0.717) is 25.0 Å². The maximum absolute atomic E-state index is 5.78. The second-order valence-electron chi connectivity index (χ2n) is 2.81. The molecule has 0 amide bonds. The zero-order chi connectivity index (χ0) is 10.4. The third-order valence-corrected chi connectivity index (χ3v) is 1.62. The van der Waals surface area contributed by atoms with Crippen molar-refractivity contribution < 1.29 is 4.74 Å². The minimum Gasteiger partial charge on any atom is -0.478 e. The Morgan fingerprint density at radius 3 is 3.07 bits per heavy atom. The van der Waals surface area contributed by atoms with Gasteiger partial charge in [0.15, 0.2) is 0 Å². The number of alkyl halides is 1. The van der Waals surface area contributed by atoms with Crippen molar-refractivity contribution in [3.05, 3.63) is 12.3 Å². The van der Waals surface area contributed by atoms with E-state index < -0.39 is 0 Å². The molecule has 0 radical (unpaired) electrons. The Bertz CT molecular complexity index is 281. The monoisotopic (exact) mass is 215 g/mol. The molecule has 0 fully saturated rings. The van der Waals surface area contributed by atoms with Gasteiger partial charge in [-0.25, -0.2) is 4.98 Å². The summed E-state index contributed by atoms with van der Waals surface area (Å²) >= 11 is 5.78. The number of hydrogen-bond acceptors (Lipinski definition) is 4. The molecule has 0 aromatic carbocycles. The summed E-state index contributed by atoms with van der Waals surface area (Å²) in [5, 5.41) is 3.06. The summed E-state index contributed by atoms with van der Waals surface area (Å²) in [4.78, 5) is 8.16. The molecule has 1 unspecified atom stereocenters. The van der Waals surface area contributed by atoms with Crippen LogP contribution in [0.1, 0.15) is 13.8 Å². The minimum absolute atomic E-state index is 0.0503. The van der Waals surface area contributed by atoms with Gasteiger partial charge in [-0.15, -0.1) is 11.6 Å². The Hall–Kier alpha value is -1.03. The molecule has 0 aliphatic heterocycles. The molecule has 0 saturated heterocycles. The number of hydrogen-bond donors (Lipinski definition) is 1. The van der Waals surface area contributed by atoms with E-state index in [9.17, 15) is 0 Å². The maximum Gasteiger partial charge on any atom is 0.225 e. The van der Waals surface area contributed by atoms with Crippen molar-refractivity contribution in [2.24, 2.45) is 0 Å². The van der Waals surface area contributed by atoms with Crippen molar-refractivity contribution in [3.63, 3.8) is 0 Å². The van der Waals surface area contributed by atoms with E-state index in [1.54, 1.807) is 12.3 Å². The second kappa shape index (κ2) is 5.65. The van der Waals surface area contributed by atoms with E-state index in [0.717, 1.165) is 0 Å². The minimum atomic E-state index is 0.0503. The highest BCUT2D eigenvalue weighted by atomic mass is 35.5. The van der Waals surface area contributed by atoms with Gasteiger partial charge in [-0.05, 0) is 13.8 Å². The van der Waals surface area contributed by atoms with Crippen LogP contribution in [-0.2, 0) is 0 Å². The molecular weight excluding hydrogens is 202 g/mol. The largest absolute Gasteiger partial charge is 0.478 e. The molecule has 1 heterocycles. The molecule has 4 nitrogen and oxygen atoms in total. The van der Waals surface area contributed by atoms with Gasteiger partial charge in [0, 0.05) is 24.2 Å². The summed E-state index contributed by atoms with van der Waals surface area (Å²) in [6.45, 7) is 5.05. The van der Waals surface area contributed by atoms with Gasteiger partial charge >= 0.3 is 0 Å². The topological polar surface area (TPSA) is 47.0 Å². The molecule has 0 aliphatic rings. The van der Waals surface area contributed by atoms with Gasteiger partial charge in [-0.2, -0.15) is 4.98 Å². The number of nitrogens with zero attached hydrogens (tertiary/aromatic N) is 2. The number of rotatable bonds is 5. The van der Waals surface area contributed by atoms with E-state index in [1.807, 2.05) is 13.8 Å². The maximum atomic E-state index is 5.78. The van der Waals surface area contributed by atoms with Crippen molar-refractivity contribution in [2.45, 2.75) is 19.2 Å². The average Bonchev–Trinajstić information content (AvgIpc) is 2.16. The number of halogens is 1. The molecule has 78 valence electrons. The van der Waals surface area contributed by atoms with E-state index in [-0.39, 0.29) is 5.38 Å². The van der Waals surface area contributed by atoms with Gasteiger partial charge in [-0.1, -0.05) is 0 Å². The predicted molar refractivity (Wildman–Crippen MR) is 57.0 cm³/mol. The Kier molecular flexibility index (Phi) is 4.46. The number of ether oxygens (including phenoxy) is 1. The van der Waals surface area contributed by atoms with Crippen LogP contribution in [0.15, 0.2) is 12.3 Å². The highest BCUT2D eigenvalue weighted by Crippen LogP contribution is 2.08. The molecule has 0 spiro atoms. The Morgan fingerprint density at radius 1 is 1.64 bits per heavy atom. The van der Waals surface area contributed by atoms with Crippen molar-refractivity contribution in [1.82, 2.24) is 9.97 Å². The molecule has 0 aliphatic carbocycles. The van der Waals surface area contributed by atoms with Crippen LogP contribution in [0.25, 0.3) is 0 Å². The summed E-state index contributed by atoms with van der Waals surface area (Å²) in [5.41, 5.74) is 0. The van der Waals surface area contributed by atoms with E-state index >= 15 is 0 Å². The van der Waals surface area contributed by atoms with Crippen molar-refractivity contribution >= 4 is 17.5 Å². The first-order chi connectivity index (χ1) is 6.72. The molecule has 0 bridgehead atoms. The summed E-state index contributed by atoms with van der Waals surface area (Å²) < 4.78 is 5.23. The predicted octanol–water partition coefficient (Wildman–Crippen LogP) is 1.91. The van der Waals surface area contributed by atoms with Crippen molar-refractivity contribution in [3.8, 4) is 5.88 Å². The zero-order valence-electron chi connectivity index (χ0n) is 8.33. The fourth-order valence-electron chi connectivity index (χ4n) is 0.888. The standard InChI is InChI=1S/C9H14ClN3O/c1-3-14-8-4-5-11-9(13-8)12-6-7(2)10/h4-5,7H,3,6H2,1-2H3,(H,11,12,13). The van der Waals surface area contributed by atoms with Crippen molar-refractivity contribution in [1.29, 1.82) is 0 Å². The van der Waals surface area contributed by atoms with E-state index in [2.05, 4.69) is 15.3 Å². The molecular formula is C9H14ClN3O. The second-order valence-corrected chi connectivity index (χ2v) is 3.56. The quantitative estimate of drug-likeness (QED) is 0.763. The van der Waals surface area contributed by atoms with Crippen LogP contribution in [0.5, 0.6) is 5.88 Å². The molecule has 0 saturated carbocycles. The summed E-state index contributed by atoms with van der Waals surface area (Å²) in [7, 11) is 0. The van der Waals surface area contributed by atoms with Gasteiger partial charge in [0.2, 0.25) is 11.8 Å². The number of aromatic nitrogens is 2. The third-order valence-electron chi connectivity index (χ3n) is 1.46. The lowest BCUT2D eigenvalue weighted by Gasteiger charge is -2.07. The van der Waals surface area contributed by atoms with Gasteiger partial charge in [0.25, 0.3) is 0 Å². The Labute approximate surface area is 88.7 Å². The van der Waals surface area contributed by atoms with Crippen LogP contribution in [0.4, 0.5) is 5.95 Å². The first-order valence-corrected chi connectivity index (χ1v) is 4.99. The molecule has 14 heavy (non-hydrogen) atoms. The molecule has 1 aromatic rings. The van der Waals surface area contributed by atoms with Crippen LogP contribution in [0.3, 0.4) is 0 Å². The van der Waals surface area contributed by atoms with Crippen LogP contribution < -0.4 is 10.1 Å². The zero-order valence-corrected chi connectivity index (χ0v) is 9.08. The summed E-state index contributed by atoms with van der Waals surface area (Å²) in [6, 6.07) is 1.72. The van der Waals surface area contributed by atoms with Crippen LogP contribution in [-0.4, -0.2) is 28.5 Å². The van der Waals surface area contributed by atoms with Crippen LogP contribution in [0, 0.1) is 0 Å². The number of anilines is 1. The van der Waals surface area contributed by atoms with E-state index in [1.165, 1.54) is 0 Å². The van der Waals surface area contributed by atoms with Gasteiger partial charge in [0.1, 0.15) is 0 Å². The summed E-state index contributed by atoms with van der Waals surface area (Å²) in [5.74, 6) is 1.12. The first kappa shape index (κ1) is 11.0. The summed E-state index contributed by atoms with van der Waals surface area (Å²) in [6.07, 6.45) is 1.65. The average molecular weight is 216 g/mol. The highest BCUT2D eigenvalue weighted by molar-refractivity contribution is 6.20. The lowest BCUT2D eigenvalue weighted by molar-refractivity contribution is 0.326. The molecule has 1 aromatic heterocycles. The lowest BCUT2D eigenvalue weighted by atomic mass is 10.5. The Morgan fingerprint density at radius 2 is 2.43 bits per heavy atom. The molecule has 5 heteroatoms. The molecule has 1 rings (SSSR count). The number of nitrogens with one attached hydrogen (secondary N) is 1. The third kappa shape index (κ3) is 3.79. The molecule has 1 N–H and O–H groups in total. The smallest absolute Gasteiger partial charge is 0.225 e. The van der Waals surface area contributed by atoms with Gasteiger partial charge in [0.05, 0.1) is 6.61 Å². The van der Waals surface area contributed by atoms with Gasteiger partial charge < -0.3 is 10.1 Å². The SMILES string of the molecule is CCOc1ccnc(NCC(C)Cl)n1. The lowest BCUT2D eigenvalue weighted by Crippen LogP contribution is -2.12. The van der Waals surface area contributed by atoms with Crippen LogP contribution in [0.2, 0.25) is 0 Å². The van der Waals surface area contributed by atoms with Crippen LogP contribution >= 0.6 is 11.6 Å². The van der Waals surface area contributed by atoms with Crippen molar-refractivity contribution in [2.75, 3.05) is 18.5 Å². The van der Waals surface area contributed by atoms with Gasteiger partial charge in [-0.3, -0.25) is 0 Å². The first-order valence-electron chi connectivity index (χ1n) is 4.56. The fraction of sp³-hybridized carbons (Fsp3) is 0.556. The highest BCUT2D eigenvalue weighted by Gasteiger charge is 2.00. The van der Waals surface area contributed by atoms with E-state index in [4.69, 9.17) is 16.3 Å². The Balaban J connectivity index is 2.54. The normalized spacial score (nSPS) is 12.2. The fourth-order valence-corrected chi connectivity index (χ4v) is 0.965.